The van der Waals surface area contributed by atoms with E-state index in [0.717, 1.165) is 19.6 Å². The summed E-state index contributed by atoms with van der Waals surface area (Å²) in [6.07, 6.45) is 2.14. The van der Waals surface area contributed by atoms with Gasteiger partial charge in [-0.3, -0.25) is 0 Å². The van der Waals surface area contributed by atoms with Crippen molar-refractivity contribution in [1.29, 1.82) is 0 Å². The molecule has 0 saturated carbocycles. The van der Waals surface area contributed by atoms with Crippen molar-refractivity contribution in [2.75, 3.05) is 6.54 Å². The standard InChI is InChI=1S/C14H18N2/c1-2-15-11-14-9-6-10-16(14)12-13-7-4-3-5-8-13/h3-10,15H,2,11-12H2,1H3. The summed E-state index contributed by atoms with van der Waals surface area (Å²) < 4.78 is 2.29. The van der Waals surface area contributed by atoms with Crippen LogP contribution in [0.1, 0.15) is 18.2 Å². The fourth-order valence-corrected chi connectivity index (χ4v) is 1.80. The van der Waals surface area contributed by atoms with Crippen LogP contribution in [0.3, 0.4) is 0 Å². The highest BCUT2D eigenvalue weighted by molar-refractivity contribution is 5.17. The van der Waals surface area contributed by atoms with Crippen molar-refractivity contribution in [3.63, 3.8) is 0 Å². The zero-order chi connectivity index (χ0) is 11.2. The molecule has 2 nitrogen and oxygen atoms in total. The highest BCUT2D eigenvalue weighted by Gasteiger charge is 2.00. The van der Waals surface area contributed by atoms with Crippen LogP contribution in [0, 0.1) is 0 Å². The number of aromatic nitrogens is 1. The summed E-state index contributed by atoms with van der Waals surface area (Å²) in [5, 5.41) is 3.36. The Morgan fingerprint density at radius 3 is 2.62 bits per heavy atom. The first-order valence-corrected chi connectivity index (χ1v) is 5.79. The van der Waals surface area contributed by atoms with Crippen LogP contribution in [0.5, 0.6) is 0 Å². The van der Waals surface area contributed by atoms with Crippen molar-refractivity contribution in [2.24, 2.45) is 0 Å². The molecule has 1 N–H and O–H groups in total. The van der Waals surface area contributed by atoms with E-state index in [9.17, 15) is 0 Å². The van der Waals surface area contributed by atoms with Crippen LogP contribution in [-0.2, 0) is 13.1 Å². The molecule has 0 atom stereocenters. The van der Waals surface area contributed by atoms with Crippen LogP contribution < -0.4 is 5.32 Å². The Hall–Kier alpha value is -1.54. The maximum atomic E-state index is 3.36. The van der Waals surface area contributed by atoms with E-state index in [-0.39, 0.29) is 0 Å². The molecule has 0 amide bonds. The molecule has 2 heteroatoms. The zero-order valence-electron chi connectivity index (χ0n) is 9.69. The first-order chi connectivity index (χ1) is 7.90. The summed E-state index contributed by atoms with van der Waals surface area (Å²) in [4.78, 5) is 0. The Labute approximate surface area is 96.9 Å². The van der Waals surface area contributed by atoms with Gasteiger partial charge >= 0.3 is 0 Å². The first-order valence-electron chi connectivity index (χ1n) is 5.79. The van der Waals surface area contributed by atoms with Gasteiger partial charge in [0.15, 0.2) is 0 Å². The SMILES string of the molecule is CCNCc1cccn1Cc1ccccc1. The van der Waals surface area contributed by atoms with E-state index in [4.69, 9.17) is 0 Å². The molecule has 2 aromatic rings. The number of hydrogen-bond acceptors (Lipinski definition) is 1. The van der Waals surface area contributed by atoms with E-state index in [1.165, 1.54) is 11.3 Å². The lowest BCUT2D eigenvalue weighted by atomic mass is 10.2. The fraction of sp³-hybridized carbons (Fsp3) is 0.286. The van der Waals surface area contributed by atoms with E-state index < -0.39 is 0 Å². The van der Waals surface area contributed by atoms with Gasteiger partial charge in [0.1, 0.15) is 0 Å². The van der Waals surface area contributed by atoms with Gasteiger partial charge in [-0.2, -0.15) is 0 Å². The third-order valence-electron chi connectivity index (χ3n) is 2.68. The van der Waals surface area contributed by atoms with Gasteiger partial charge in [0.25, 0.3) is 0 Å². The highest BCUT2D eigenvalue weighted by atomic mass is 15.0. The Morgan fingerprint density at radius 1 is 1.06 bits per heavy atom. The minimum Gasteiger partial charge on any atom is -0.346 e. The normalized spacial score (nSPS) is 10.6. The van der Waals surface area contributed by atoms with Crippen molar-refractivity contribution in [3.8, 4) is 0 Å². The van der Waals surface area contributed by atoms with Crippen molar-refractivity contribution in [2.45, 2.75) is 20.0 Å². The highest BCUT2D eigenvalue weighted by Crippen LogP contribution is 2.07. The Morgan fingerprint density at radius 2 is 1.88 bits per heavy atom. The van der Waals surface area contributed by atoms with Gasteiger partial charge in [0.2, 0.25) is 0 Å². The van der Waals surface area contributed by atoms with E-state index in [1.807, 2.05) is 0 Å². The predicted octanol–water partition coefficient (Wildman–Crippen LogP) is 2.65. The lowest BCUT2D eigenvalue weighted by molar-refractivity contribution is 0.657. The van der Waals surface area contributed by atoms with Gasteiger partial charge in [0, 0.05) is 25.0 Å². The van der Waals surface area contributed by atoms with Crippen LogP contribution in [0.4, 0.5) is 0 Å². The van der Waals surface area contributed by atoms with Crippen LogP contribution in [0.15, 0.2) is 48.7 Å². The van der Waals surface area contributed by atoms with Crippen LogP contribution in [-0.4, -0.2) is 11.1 Å². The van der Waals surface area contributed by atoms with Crippen molar-refractivity contribution < 1.29 is 0 Å². The minimum atomic E-state index is 0.941. The second-order valence-electron chi connectivity index (χ2n) is 3.89. The van der Waals surface area contributed by atoms with Crippen LogP contribution >= 0.6 is 0 Å². The third kappa shape index (κ3) is 2.74. The maximum Gasteiger partial charge on any atom is 0.0473 e. The van der Waals surface area contributed by atoms with E-state index in [1.54, 1.807) is 0 Å². The quantitative estimate of drug-likeness (QED) is 0.809. The molecule has 0 bridgehead atoms. The number of rotatable bonds is 5. The maximum absolute atomic E-state index is 3.36. The molecule has 2 rings (SSSR count). The number of hydrogen-bond donors (Lipinski definition) is 1. The summed E-state index contributed by atoms with van der Waals surface area (Å²) >= 11 is 0. The van der Waals surface area contributed by atoms with Gasteiger partial charge in [-0.05, 0) is 24.2 Å². The summed E-state index contributed by atoms with van der Waals surface area (Å²) in [5.74, 6) is 0. The summed E-state index contributed by atoms with van der Waals surface area (Å²) in [6.45, 7) is 5.03. The second kappa shape index (κ2) is 5.52. The van der Waals surface area contributed by atoms with Gasteiger partial charge in [-0.25, -0.2) is 0 Å². The van der Waals surface area contributed by atoms with Gasteiger partial charge in [0.05, 0.1) is 0 Å². The van der Waals surface area contributed by atoms with Gasteiger partial charge in [-0.1, -0.05) is 37.3 Å². The number of nitrogens with zero attached hydrogens (tertiary/aromatic N) is 1. The van der Waals surface area contributed by atoms with Gasteiger partial charge < -0.3 is 9.88 Å². The van der Waals surface area contributed by atoms with Crippen LogP contribution in [0.2, 0.25) is 0 Å². The molecule has 0 unspecified atom stereocenters. The first kappa shape index (κ1) is 11.0. The molecule has 0 aliphatic carbocycles. The second-order valence-corrected chi connectivity index (χ2v) is 3.89. The summed E-state index contributed by atoms with van der Waals surface area (Å²) in [7, 11) is 0. The van der Waals surface area contributed by atoms with Crippen molar-refractivity contribution in [1.82, 2.24) is 9.88 Å². The molecule has 1 aromatic heterocycles. The molecule has 0 saturated heterocycles. The molecular weight excluding hydrogens is 196 g/mol. The third-order valence-corrected chi connectivity index (χ3v) is 2.68. The monoisotopic (exact) mass is 214 g/mol. The molecule has 0 fully saturated rings. The lowest BCUT2D eigenvalue weighted by Crippen LogP contribution is -2.15. The molecule has 0 radical (unpaired) electrons. The smallest absolute Gasteiger partial charge is 0.0473 e. The Kier molecular flexibility index (Phi) is 3.78. The zero-order valence-corrected chi connectivity index (χ0v) is 9.69. The van der Waals surface area contributed by atoms with E-state index in [2.05, 4.69) is 65.5 Å². The Bertz CT molecular complexity index is 417. The fourth-order valence-electron chi connectivity index (χ4n) is 1.80. The van der Waals surface area contributed by atoms with Gasteiger partial charge in [-0.15, -0.1) is 0 Å². The molecule has 84 valence electrons. The Balaban J connectivity index is 2.07. The largest absolute Gasteiger partial charge is 0.346 e. The van der Waals surface area contributed by atoms with E-state index >= 15 is 0 Å². The molecule has 0 spiro atoms. The molecular formula is C14H18N2. The topological polar surface area (TPSA) is 17.0 Å². The van der Waals surface area contributed by atoms with Crippen molar-refractivity contribution in [3.05, 3.63) is 59.9 Å². The lowest BCUT2D eigenvalue weighted by Gasteiger charge is -2.09. The van der Waals surface area contributed by atoms with Crippen molar-refractivity contribution >= 4 is 0 Å². The summed E-state index contributed by atoms with van der Waals surface area (Å²) in [5.41, 5.74) is 2.68. The van der Waals surface area contributed by atoms with Crippen LogP contribution in [0.25, 0.3) is 0 Å². The predicted molar refractivity (Wildman–Crippen MR) is 67.4 cm³/mol. The molecule has 0 aliphatic rings. The molecule has 16 heavy (non-hydrogen) atoms. The average Bonchev–Trinajstić information content (AvgIpc) is 2.75. The number of benzene rings is 1. The minimum absolute atomic E-state index is 0.941. The van der Waals surface area contributed by atoms with E-state index in [0.29, 0.717) is 0 Å². The number of nitrogens with one attached hydrogen (secondary N) is 1. The molecule has 1 heterocycles. The molecule has 1 aromatic carbocycles. The average molecular weight is 214 g/mol. The summed E-state index contributed by atoms with van der Waals surface area (Å²) in [6, 6.07) is 14.8. The molecule has 0 aliphatic heterocycles.